The number of morpholine rings is 1. The van der Waals surface area contributed by atoms with Crippen LogP contribution in [0.15, 0.2) is 24.3 Å². The summed E-state index contributed by atoms with van der Waals surface area (Å²) in [7, 11) is -3.20. The first-order chi connectivity index (χ1) is 12.9. The zero-order chi connectivity index (χ0) is 19.1. The summed E-state index contributed by atoms with van der Waals surface area (Å²) in [6.07, 6.45) is 5.34. The molecule has 1 amide bonds. The van der Waals surface area contributed by atoms with Crippen LogP contribution in [0.2, 0.25) is 0 Å². The molecule has 1 unspecified atom stereocenters. The minimum absolute atomic E-state index is 0.210. The summed E-state index contributed by atoms with van der Waals surface area (Å²) in [5, 5.41) is 0. The highest BCUT2D eigenvalue weighted by Gasteiger charge is 2.42. The SMILES string of the molecule is CS(=O)(=O)N1CCOC2(CCN(C(=O)CC3CCc4ccccc43)CC2)C1. The van der Waals surface area contributed by atoms with Gasteiger partial charge in [-0.3, -0.25) is 4.79 Å². The zero-order valence-corrected chi connectivity index (χ0v) is 16.7. The first-order valence-electron chi connectivity index (χ1n) is 9.81. The lowest BCUT2D eigenvalue weighted by Crippen LogP contribution is -2.58. The van der Waals surface area contributed by atoms with Gasteiger partial charge in [-0.15, -0.1) is 0 Å². The van der Waals surface area contributed by atoms with E-state index in [0.717, 1.165) is 12.8 Å². The van der Waals surface area contributed by atoms with Gasteiger partial charge >= 0.3 is 0 Å². The number of aryl methyl sites for hydroxylation is 1. The van der Waals surface area contributed by atoms with Crippen LogP contribution in [0.1, 0.15) is 42.7 Å². The van der Waals surface area contributed by atoms with Gasteiger partial charge in [-0.05, 0) is 42.7 Å². The van der Waals surface area contributed by atoms with Crippen LogP contribution in [-0.2, 0) is 26.0 Å². The molecule has 2 aliphatic heterocycles. The number of hydrogen-bond donors (Lipinski definition) is 0. The predicted octanol–water partition coefficient (Wildman–Crippen LogP) is 1.76. The Morgan fingerprint density at radius 3 is 2.70 bits per heavy atom. The topological polar surface area (TPSA) is 66.9 Å². The van der Waals surface area contributed by atoms with E-state index in [0.29, 0.717) is 58.0 Å². The molecule has 1 spiro atoms. The van der Waals surface area contributed by atoms with Crippen LogP contribution in [0.4, 0.5) is 0 Å². The number of hydrogen-bond acceptors (Lipinski definition) is 4. The molecular formula is C20H28N2O4S. The van der Waals surface area contributed by atoms with Crippen LogP contribution >= 0.6 is 0 Å². The van der Waals surface area contributed by atoms with Crippen molar-refractivity contribution < 1.29 is 17.9 Å². The molecule has 0 radical (unpaired) electrons. The number of piperidine rings is 1. The second-order valence-electron chi connectivity index (χ2n) is 8.15. The van der Waals surface area contributed by atoms with Crippen LogP contribution in [0, 0.1) is 0 Å². The van der Waals surface area contributed by atoms with Gasteiger partial charge < -0.3 is 9.64 Å². The van der Waals surface area contributed by atoms with E-state index in [1.54, 1.807) is 0 Å². The summed E-state index contributed by atoms with van der Waals surface area (Å²) in [6.45, 7) is 2.55. The number of amides is 1. The summed E-state index contributed by atoms with van der Waals surface area (Å²) in [4.78, 5) is 14.8. The van der Waals surface area contributed by atoms with Gasteiger partial charge in [0.1, 0.15) is 0 Å². The summed E-state index contributed by atoms with van der Waals surface area (Å²) < 4.78 is 31.3. The summed E-state index contributed by atoms with van der Waals surface area (Å²) >= 11 is 0. The Morgan fingerprint density at radius 1 is 1.22 bits per heavy atom. The Bertz CT molecular complexity index is 815. The first-order valence-corrected chi connectivity index (χ1v) is 11.7. The number of likely N-dealkylation sites (tertiary alicyclic amines) is 1. The molecule has 1 aromatic carbocycles. The summed E-state index contributed by atoms with van der Waals surface area (Å²) in [6, 6.07) is 8.44. The van der Waals surface area contributed by atoms with E-state index in [4.69, 9.17) is 4.74 Å². The summed E-state index contributed by atoms with van der Waals surface area (Å²) in [5.41, 5.74) is 2.28. The molecule has 0 aromatic heterocycles. The van der Waals surface area contributed by atoms with E-state index in [-0.39, 0.29) is 5.91 Å². The molecule has 148 valence electrons. The van der Waals surface area contributed by atoms with Crippen LogP contribution in [0.25, 0.3) is 0 Å². The lowest BCUT2D eigenvalue weighted by atomic mass is 9.89. The average molecular weight is 393 g/mol. The number of ether oxygens (including phenoxy) is 1. The maximum absolute atomic E-state index is 12.8. The highest BCUT2D eigenvalue weighted by atomic mass is 32.2. The van der Waals surface area contributed by atoms with Gasteiger partial charge in [-0.25, -0.2) is 8.42 Å². The quantitative estimate of drug-likeness (QED) is 0.786. The van der Waals surface area contributed by atoms with Gasteiger partial charge in [-0.1, -0.05) is 24.3 Å². The van der Waals surface area contributed by atoms with E-state index < -0.39 is 15.6 Å². The van der Waals surface area contributed by atoms with Gasteiger partial charge in [0.05, 0.1) is 18.5 Å². The number of nitrogens with zero attached hydrogens (tertiary/aromatic N) is 2. The molecule has 6 nitrogen and oxygen atoms in total. The molecule has 0 bridgehead atoms. The van der Waals surface area contributed by atoms with Crippen molar-refractivity contribution in [2.24, 2.45) is 0 Å². The first kappa shape index (κ1) is 18.9. The van der Waals surface area contributed by atoms with Gasteiger partial charge in [0, 0.05) is 32.6 Å². The predicted molar refractivity (Wildman–Crippen MR) is 103 cm³/mol. The molecule has 2 heterocycles. The second-order valence-corrected chi connectivity index (χ2v) is 10.1. The smallest absolute Gasteiger partial charge is 0.223 e. The standard InChI is InChI=1S/C20H28N2O4S/c1-27(24,25)22-12-13-26-20(15-22)8-10-21(11-9-20)19(23)14-17-7-6-16-4-2-3-5-18(16)17/h2-5,17H,6-15H2,1H3. The lowest BCUT2D eigenvalue weighted by Gasteiger charge is -2.46. The maximum Gasteiger partial charge on any atom is 0.223 e. The van der Waals surface area contributed by atoms with Crippen molar-refractivity contribution in [3.05, 3.63) is 35.4 Å². The van der Waals surface area contributed by atoms with Crippen LogP contribution in [0.5, 0.6) is 0 Å². The Morgan fingerprint density at radius 2 is 1.96 bits per heavy atom. The molecule has 0 saturated carbocycles. The number of fused-ring (bicyclic) bond motifs is 1. The average Bonchev–Trinajstić information content (AvgIpc) is 3.05. The molecule has 27 heavy (non-hydrogen) atoms. The molecule has 0 N–H and O–H groups in total. The Kier molecular flexibility index (Phi) is 5.03. The number of carbonyl (C=O) groups is 1. The maximum atomic E-state index is 12.8. The molecule has 1 atom stereocenters. The third-order valence-electron chi connectivity index (χ3n) is 6.39. The number of rotatable bonds is 3. The molecule has 1 aromatic rings. The van der Waals surface area contributed by atoms with Crippen molar-refractivity contribution in [3.8, 4) is 0 Å². The third-order valence-corrected chi connectivity index (χ3v) is 7.64. The molecule has 3 aliphatic rings. The van der Waals surface area contributed by atoms with Crippen molar-refractivity contribution in [2.75, 3.05) is 39.0 Å². The largest absolute Gasteiger partial charge is 0.372 e. The van der Waals surface area contributed by atoms with E-state index in [9.17, 15) is 13.2 Å². The number of carbonyl (C=O) groups excluding carboxylic acids is 1. The highest BCUT2D eigenvalue weighted by molar-refractivity contribution is 7.88. The fourth-order valence-corrected chi connectivity index (χ4v) is 5.63. The van der Waals surface area contributed by atoms with Crippen molar-refractivity contribution >= 4 is 15.9 Å². The third kappa shape index (κ3) is 3.91. The second kappa shape index (κ2) is 7.18. The molecule has 2 saturated heterocycles. The fourth-order valence-electron chi connectivity index (χ4n) is 4.76. The molecule has 4 rings (SSSR count). The normalized spacial score (nSPS) is 25.5. The van der Waals surface area contributed by atoms with Crippen LogP contribution < -0.4 is 0 Å². The minimum atomic E-state index is -3.20. The minimum Gasteiger partial charge on any atom is -0.372 e. The number of benzene rings is 1. The van der Waals surface area contributed by atoms with Gasteiger partial charge in [0.25, 0.3) is 0 Å². The van der Waals surface area contributed by atoms with Gasteiger partial charge in [0.2, 0.25) is 15.9 Å². The van der Waals surface area contributed by atoms with Crippen molar-refractivity contribution in [1.29, 1.82) is 0 Å². The van der Waals surface area contributed by atoms with Gasteiger partial charge in [-0.2, -0.15) is 4.31 Å². The lowest BCUT2D eigenvalue weighted by molar-refractivity contribution is -0.144. The van der Waals surface area contributed by atoms with E-state index in [2.05, 4.69) is 24.3 Å². The molecule has 1 aliphatic carbocycles. The Labute approximate surface area is 161 Å². The monoisotopic (exact) mass is 392 g/mol. The molecule has 2 fully saturated rings. The molecule has 7 heteroatoms. The van der Waals surface area contributed by atoms with Gasteiger partial charge in [0.15, 0.2) is 0 Å². The van der Waals surface area contributed by atoms with Crippen molar-refractivity contribution in [2.45, 2.75) is 43.6 Å². The van der Waals surface area contributed by atoms with Crippen LogP contribution in [0.3, 0.4) is 0 Å². The van der Waals surface area contributed by atoms with E-state index >= 15 is 0 Å². The number of sulfonamides is 1. The van der Waals surface area contributed by atoms with Crippen LogP contribution in [-0.4, -0.2) is 68.2 Å². The van der Waals surface area contributed by atoms with E-state index in [1.807, 2.05) is 4.90 Å². The Hall–Kier alpha value is -1.44. The Balaban J connectivity index is 1.35. The highest BCUT2D eigenvalue weighted by Crippen LogP contribution is 2.37. The zero-order valence-electron chi connectivity index (χ0n) is 15.9. The fraction of sp³-hybridized carbons (Fsp3) is 0.650. The van der Waals surface area contributed by atoms with Crippen molar-refractivity contribution in [3.63, 3.8) is 0 Å². The molecular weight excluding hydrogens is 364 g/mol. The van der Waals surface area contributed by atoms with E-state index in [1.165, 1.54) is 21.7 Å². The summed E-state index contributed by atoms with van der Waals surface area (Å²) in [5.74, 6) is 0.540. The van der Waals surface area contributed by atoms with Crippen molar-refractivity contribution in [1.82, 2.24) is 9.21 Å².